The van der Waals surface area contributed by atoms with Gasteiger partial charge in [-0.25, -0.2) is 0 Å². The molecule has 0 amide bonds. The minimum absolute atomic E-state index is 0.0691. The molecule has 3 N–H and O–H groups in total. The molecule has 3 unspecified atom stereocenters. The molecule has 3 fully saturated rings. The Balaban J connectivity index is 1.80. The Morgan fingerprint density at radius 1 is 1.03 bits per heavy atom. The van der Waals surface area contributed by atoms with Gasteiger partial charge in [0.05, 0.1) is 11.5 Å². The van der Waals surface area contributed by atoms with E-state index in [1.807, 2.05) is 13.0 Å². The number of hydrogen-bond acceptors (Lipinski definition) is 7. The zero-order valence-electron chi connectivity index (χ0n) is 21.5. The molecule has 0 aromatic carbocycles. The first-order valence-electron chi connectivity index (χ1n) is 12.9. The van der Waals surface area contributed by atoms with Crippen LogP contribution in [0.25, 0.3) is 0 Å². The molecular weight excluding hydrogens is 468 g/mol. The second-order valence-corrected chi connectivity index (χ2v) is 11.9. The second-order valence-electron chi connectivity index (χ2n) is 11.9. The smallest absolute Gasteiger partial charge is 0.310 e. The lowest BCUT2D eigenvalue weighted by Gasteiger charge is -2.62. The van der Waals surface area contributed by atoms with E-state index in [0.29, 0.717) is 38.5 Å². The maximum Gasteiger partial charge on any atom is 0.310 e. The number of hydrogen-bond donors (Lipinski definition) is 3. The molecule has 0 spiro atoms. The Kier molecular flexibility index (Phi) is 6.77. The molecule has 4 aliphatic carbocycles. The van der Waals surface area contributed by atoms with Crippen LogP contribution in [0.1, 0.15) is 79.1 Å². The molecular formula is C27H38O9. The monoisotopic (exact) mass is 506 g/mol. The summed E-state index contributed by atoms with van der Waals surface area (Å²) in [7, 11) is 0. The standard InChI is InChI=1S/C27H38O9/c1-14(28)35-17-5-8-25(3)16(11-17)12-18(24(32)33)22-19-6-9-27(34,10-7-21(30)31)26(19,4)13-20(23(22)25)36-15(2)29/h12,17-20,22-23,34H,5-11,13H2,1-4H3,(H,30,31)(H,32,33)/t17?,18?,19-,20?,22-,23-,25-,26-,27+/m0/s1. The summed E-state index contributed by atoms with van der Waals surface area (Å²) in [4.78, 5) is 47.9. The molecule has 200 valence electrons. The first-order valence-corrected chi connectivity index (χ1v) is 12.9. The molecule has 9 atom stereocenters. The largest absolute Gasteiger partial charge is 0.481 e. The molecule has 4 rings (SSSR count). The lowest BCUT2D eigenvalue weighted by Crippen LogP contribution is -2.62. The molecule has 4 aliphatic rings. The van der Waals surface area contributed by atoms with E-state index in [0.717, 1.165) is 5.57 Å². The normalized spacial score (nSPS) is 43.3. The highest BCUT2D eigenvalue weighted by Crippen LogP contribution is 2.69. The highest BCUT2D eigenvalue weighted by atomic mass is 16.5. The summed E-state index contributed by atoms with van der Waals surface area (Å²) in [5, 5.41) is 31.4. The van der Waals surface area contributed by atoms with Gasteiger partial charge in [-0.2, -0.15) is 0 Å². The van der Waals surface area contributed by atoms with Gasteiger partial charge in [0.1, 0.15) is 12.2 Å². The van der Waals surface area contributed by atoms with E-state index in [1.54, 1.807) is 0 Å². The van der Waals surface area contributed by atoms with Gasteiger partial charge in [-0.15, -0.1) is 0 Å². The number of aliphatic carboxylic acids is 2. The van der Waals surface area contributed by atoms with Gasteiger partial charge in [-0.1, -0.05) is 25.5 Å². The average molecular weight is 507 g/mol. The van der Waals surface area contributed by atoms with Gasteiger partial charge in [-0.3, -0.25) is 19.2 Å². The van der Waals surface area contributed by atoms with Crippen molar-refractivity contribution in [3.05, 3.63) is 11.6 Å². The van der Waals surface area contributed by atoms with Crippen LogP contribution in [0, 0.1) is 34.5 Å². The summed E-state index contributed by atoms with van der Waals surface area (Å²) in [6, 6.07) is 0. The average Bonchev–Trinajstić information content (AvgIpc) is 3.01. The first-order chi connectivity index (χ1) is 16.7. The Hall–Kier alpha value is -2.42. The van der Waals surface area contributed by atoms with E-state index >= 15 is 0 Å². The zero-order valence-corrected chi connectivity index (χ0v) is 21.5. The van der Waals surface area contributed by atoms with Crippen molar-refractivity contribution >= 4 is 23.9 Å². The molecule has 9 heteroatoms. The quantitative estimate of drug-likeness (QED) is 0.364. The van der Waals surface area contributed by atoms with Crippen LogP contribution in [0.15, 0.2) is 11.6 Å². The van der Waals surface area contributed by atoms with Gasteiger partial charge in [0.2, 0.25) is 0 Å². The van der Waals surface area contributed by atoms with Crippen LogP contribution in [-0.4, -0.2) is 57.0 Å². The fraction of sp³-hybridized carbons (Fsp3) is 0.778. The SMILES string of the molecule is CC(=O)OC1CC[C@@]2(C)C(=CC(C(=O)O)[C@@H]3[C@@H]2C(OC(C)=O)C[C@@]2(C)[C@H]3CC[C@@]2(O)CCC(=O)O)C1. The van der Waals surface area contributed by atoms with E-state index in [2.05, 4.69) is 6.92 Å². The van der Waals surface area contributed by atoms with E-state index in [4.69, 9.17) is 9.47 Å². The van der Waals surface area contributed by atoms with Crippen LogP contribution < -0.4 is 0 Å². The zero-order chi connectivity index (χ0) is 26.6. The molecule has 0 bridgehead atoms. The number of carboxylic acid groups (broad SMARTS) is 2. The summed E-state index contributed by atoms with van der Waals surface area (Å²) >= 11 is 0. The predicted molar refractivity (Wildman–Crippen MR) is 127 cm³/mol. The summed E-state index contributed by atoms with van der Waals surface area (Å²) in [6.07, 6.45) is 3.81. The van der Waals surface area contributed by atoms with Crippen molar-refractivity contribution in [3.63, 3.8) is 0 Å². The molecule has 0 radical (unpaired) electrons. The molecule has 0 aromatic heterocycles. The van der Waals surface area contributed by atoms with Crippen LogP contribution in [0.5, 0.6) is 0 Å². The Bertz CT molecular complexity index is 988. The van der Waals surface area contributed by atoms with E-state index in [9.17, 15) is 34.5 Å². The van der Waals surface area contributed by atoms with Crippen molar-refractivity contribution in [1.82, 2.24) is 0 Å². The molecule has 0 saturated heterocycles. The lowest BCUT2D eigenvalue weighted by molar-refractivity contribution is -0.201. The molecule has 9 nitrogen and oxygen atoms in total. The van der Waals surface area contributed by atoms with Crippen LogP contribution in [0.2, 0.25) is 0 Å². The van der Waals surface area contributed by atoms with Crippen molar-refractivity contribution in [3.8, 4) is 0 Å². The number of esters is 2. The van der Waals surface area contributed by atoms with E-state index in [1.165, 1.54) is 13.8 Å². The Morgan fingerprint density at radius 3 is 2.28 bits per heavy atom. The molecule has 3 saturated carbocycles. The molecule has 0 aromatic rings. The van der Waals surface area contributed by atoms with Gasteiger partial charge in [0, 0.05) is 38.0 Å². The predicted octanol–water partition coefficient (Wildman–Crippen LogP) is 3.33. The summed E-state index contributed by atoms with van der Waals surface area (Å²) in [6.45, 7) is 6.72. The third-order valence-electron chi connectivity index (χ3n) is 10.0. The first kappa shape index (κ1) is 26.6. The van der Waals surface area contributed by atoms with E-state index in [-0.39, 0.29) is 42.7 Å². The van der Waals surface area contributed by atoms with Crippen LogP contribution in [0.3, 0.4) is 0 Å². The number of fused-ring (bicyclic) bond motifs is 5. The number of ether oxygens (including phenoxy) is 2. The van der Waals surface area contributed by atoms with Gasteiger partial charge in [0.25, 0.3) is 0 Å². The van der Waals surface area contributed by atoms with Gasteiger partial charge >= 0.3 is 23.9 Å². The van der Waals surface area contributed by atoms with E-state index < -0.39 is 46.4 Å². The van der Waals surface area contributed by atoms with Crippen LogP contribution in [0.4, 0.5) is 0 Å². The van der Waals surface area contributed by atoms with Crippen molar-refractivity contribution < 1.29 is 44.0 Å². The fourth-order valence-corrected chi connectivity index (χ4v) is 8.45. The topological polar surface area (TPSA) is 147 Å². The van der Waals surface area contributed by atoms with Crippen molar-refractivity contribution in [2.45, 2.75) is 96.9 Å². The van der Waals surface area contributed by atoms with Crippen molar-refractivity contribution in [1.29, 1.82) is 0 Å². The van der Waals surface area contributed by atoms with Gasteiger partial charge < -0.3 is 24.8 Å². The number of carbonyl (C=O) groups excluding carboxylic acids is 2. The number of carboxylic acids is 2. The lowest BCUT2D eigenvalue weighted by atomic mass is 9.44. The third kappa shape index (κ3) is 4.23. The maximum absolute atomic E-state index is 12.7. The molecule has 0 heterocycles. The minimum atomic E-state index is -1.29. The number of aliphatic hydroxyl groups is 1. The number of rotatable bonds is 6. The molecule has 36 heavy (non-hydrogen) atoms. The van der Waals surface area contributed by atoms with Crippen molar-refractivity contribution in [2.24, 2.45) is 34.5 Å². The fourth-order valence-electron chi connectivity index (χ4n) is 8.45. The number of carbonyl (C=O) groups is 4. The Morgan fingerprint density at radius 2 is 1.69 bits per heavy atom. The highest BCUT2D eigenvalue weighted by Gasteiger charge is 2.69. The van der Waals surface area contributed by atoms with Gasteiger partial charge in [0.15, 0.2) is 0 Å². The van der Waals surface area contributed by atoms with Crippen LogP contribution in [-0.2, 0) is 28.7 Å². The Labute approximate surface area is 211 Å². The maximum atomic E-state index is 12.7. The summed E-state index contributed by atoms with van der Waals surface area (Å²) in [5.74, 6) is -4.48. The molecule has 0 aliphatic heterocycles. The minimum Gasteiger partial charge on any atom is -0.481 e. The summed E-state index contributed by atoms with van der Waals surface area (Å²) in [5.41, 5.74) is -1.61. The van der Waals surface area contributed by atoms with Crippen LogP contribution >= 0.6 is 0 Å². The highest BCUT2D eigenvalue weighted by molar-refractivity contribution is 5.74. The summed E-state index contributed by atoms with van der Waals surface area (Å²) < 4.78 is 11.4. The third-order valence-corrected chi connectivity index (χ3v) is 10.0. The second kappa shape index (κ2) is 9.15. The van der Waals surface area contributed by atoms with Gasteiger partial charge in [-0.05, 0) is 55.8 Å². The van der Waals surface area contributed by atoms with Crippen molar-refractivity contribution in [2.75, 3.05) is 0 Å².